The lowest BCUT2D eigenvalue weighted by atomic mass is 9.77. The first kappa shape index (κ1) is 12.8. The highest BCUT2D eigenvalue weighted by atomic mass is 32.1. The number of hydrogen-bond acceptors (Lipinski definition) is 3. The first-order valence-corrected chi connectivity index (χ1v) is 6.43. The van der Waals surface area contributed by atoms with Crippen LogP contribution in [0.4, 0.5) is 13.2 Å². The first-order chi connectivity index (χ1) is 7.89. The van der Waals surface area contributed by atoms with Crippen molar-refractivity contribution in [3.63, 3.8) is 0 Å². The Labute approximate surface area is 101 Å². The van der Waals surface area contributed by atoms with Gasteiger partial charge in [0.25, 0.3) is 0 Å². The number of hydrogen-bond donors (Lipinski definition) is 1. The van der Waals surface area contributed by atoms with E-state index in [9.17, 15) is 18.3 Å². The molecule has 0 radical (unpaired) electrons. The van der Waals surface area contributed by atoms with Crippen LogP contribution >= 0.6 is 11.3 Å². The van der Waals surface area contributed by atoms with Crippen molar-refractivity contribution < 1.29 is 18.3 Å². The van der Waals surface area contributed by atoms with Gasteiger partial charge in [0.1, 0.15) is 0 Å². The van der Waals surface area contributed by atoms with E-state index in [-0.39, 0.29) is 25.7 Å². The summed E-state index contributed by atoms with van der Waals surface area (Å²) in [7, 11) is 0. The fraction of sp³-hybridized carbons (Fsp3) is 0.727. The van der Waals surface area contributed by atoms with Gasteiger partial charge in [0.05, 0.1) is 17.0 Å². The summed E-state index contributed by atoms with van der Waals surface area (Å²) in [4.78, 5) is 4.83. The zero-order chi connectivity index (χ0) is 12.5. The molecule has 1 aliphatic carbocycles. The molecular weight excluding hydrogens is 251 g/mol. The normalized spacial score (nSPS) is 30.5. The maximum Gasteiger partial charge on any atom is 0.391 e. The topological polar surface area (TPSA) is 33.1 Å². The van der Waals surface area contributed by atoms with Crippen LogP contribution in [0.1, 0.15) is 30.6 Å². The molecule has 0 bridgehead atoms. The molecule has 6 heteroatoms. The number of halogens is 3. The van der Waals surface area contributed by atoms with Crippen molar-refractivity contribution in [1.82, 2.24) is 4.98 Å². The van der Waals surface area contributed by atoms with Crippen LogP contribution in [0.3, 0.4) is 0 Å². The van der Waals surface area contributed by atoms with Crippen molar-refractivity contribution in [3.05, 3.63) is 16.6 Å². The summed E-state index contributed by atoms with van der Waals surface area (Å²) in [5.74, 6) is -1.25. The average molecular weight is 265 g/mol. The summed E-state index contributed by atoms with van der Waals surface area (Å²) in [6.07, 6.45) is -1.55. The summed E-state index contributed by atoms with van der Waals surface area (Å²) in [5, 5.41) is 10.2. The molecule has 96 valence electrons. The molecule has 2 rings (SSSR count). The van der Waals surface area contributed by atoms with E-state index in [1.54, 1.807) is 11.7 Å². The van der Waals surface area contributed by atoms with Crippen molar-refractivity contribution in [1.29, 1.82) is 0 Å². The molecule has 1 saturated carbocycles. The average Bonchev–Trinajstić information content (AvgIpc) is 2.68. The standard InChI is InChI=1S/C11H14F3NOS/c12-11(13,14)8-1-3-10(16,4-2-8)5-9-6-15-7-17-9/h6-8,16H,1-5H2. The van der Waals surface area contributed by atoms with Crippen molar-refractivity contribution in [2.45, 2.75) is 43.9 Å². The minimum atomic E-state index is -4.12. The van der Waals surface area contributed by atoms with Gasteiger partial charge in [-0.25, -0.2) is 0 Å². The van der Waals surface area contributed by atoms with Gasteiger partial charge in [-0.1, -0.05) is 0 Å². The third kappa shape index (κ3) is 3.19. The molecule has 0 saturated heterocycles. The second kappa shape index (κ2) is 4.57. The highest BCUT2D eigenvalue weighted by Crippen LogP contribution is 2.42. The molecular formula is C11H14F3NOS. The quantitative estimate of drug-likeness (QED) is 0.891. The molecule has 1 aromatic heterocycles. The molecule has 17 heavy (non-hydrogen) atoms. The van der Waals surface area contributed by atoms with Gasteiger partial charge in [-0.3, -0.25) is 4.98 Å². The van der Waals surface area contributed by atoms with Gasteiger partial charge in [-0.15, -0.1) is 11.3 Å². The number of aliphatic hydroxyl groups is 1. The van der Waals surface area contributed by atoms with Crippen LogP contribution in [0.15, 0.2) is 11.7 Å². The Hall–Kier alpha value is -0.620. The lowest BCUT2D eigenvalue weighted by Gasteiger charge is -2.36. The second-order valence-electron chi connectivity index (χ2n) is 4.68. The van der Waals surface area contributed by atoms with E-state index < -0.39 is 17.7 Å². The van der Waals surface area contributed by atoms with Gasteiger partial charge in [-0.05, 0) is 25.7 Å². The summed E-state index contributed by atoms with van der Waals surface area (Å²) in [6.45, 7) is 0. The smallest absolute Gasteiger partial charge is 0.390 e. The lowest BCUT2D eigenvalue weighted by molar-refractivity contribution is -0.192. The molecule has 0 aromatic carbocycles. The van der Waals surface area contributed by atoms with Gasteiger partial charge < -0.3 is 5.11 Å². The monoisotopic (exact) mass is 265 g/mol. The Morgan fingerprint density at radius 1 is 1.41 bits per heavy atom. The number of alkyl halides is 3. The van der Waals surface area contributed by atoms with E-state index in [0.29, 0.717) is 6.42 Å². The number of nitrogens with zero attached hydrogens (tertiary/aromatic N) is 1. The van der Waals surface area contributed by atoms with Crippen LogP contribution in [0, 0.1) is 5.92 Å². The SMILES string of the molecule is OC1(Cc2cncs2)CCC(C(F)(F)F)CC1. The van der Waals surface area contributed by atoms with Crippen molar-refractivity contribution in [2.24, 2.45) is 5.92 Å². The molecule has 0 atom stereocenters. The summed E-state index contributed by atoms with van der Waals surface area (Å²) >= 11 is 1.43. The van der Waals surface area contributed by atoms with E-state index in [1.807, 2.05) is 0 Å². The Balaban J connectivity index is 1.93. The van der Waals surface area contributed by atoms with Gasteiger partial charge in [-0.2, -0.15) is 13.2 Å². The molecule has 0 amide bonds. The zero-order valence-electron chi connectivity index (χ0n) is 9.20. The maximum absolute atomic E-state index is 12.5. The highest BCUT2D eigenvalue weighted by molar-refractivity contribution is 7.09. The Morgan fingerprint density at radius 3 is 2.53 bits per heavy atom. The predicted molar refractivity (Wildman–Crippen MR) is 58.8 cm³/mol. The zero-order valence-corrected chi connectivity index (χ0v) is 10.0. The van der Waals surface area contributed by atoms with Gasteiger partial charge in [0, 0.05) is 17.5 Å². The van der Waals surface area contributed by atoms with Crippen LogP contribution in [0.5, 0.6) is 0 Å². The van der Waals surface area contributed by atoms with E-state index in [1.165, 1.54) is 11.3 Å². The molecule has 0 spiro atoms. The van der Waals surface area contributed by atoms with Crippen LogP contribution in [-0.2, 0) is 6.42 Å². The summed E-state index contributed by atoms with van der Waals surface area (Å²) in [6, 6.07) is 0. The van der Waals surface area contributed by atoms with Crippen molar-refractivity contribution in [2.75, 3.05) is 0 Å². The Kier molecular flexibility index (Phi) is 3.45. The molecule has 1 heterocycles. The van der Waals surface area contributed by atoms with E-state index >= 15 is 0 Å². The third-order valence-electron chi connectivity index (χ3n) is 3.37. The Bertz CT molecular complexity index is 355. The van der Waals surface area contributed by atoms with Gasteiger partial charge in [0.2, 0.25) is 0 Å². The Morgan fingerprint density at radius 2 is 2.06 bits per heavy atom. The van der Waals surface area contributed by atoms with Crippen molar-refractivity contribution in [3.8, 4) is 0 Å². The lowest BCUT2D eigenvalue weighted by Crippen LogP contribution is -2.39. The minimum absolute atomic E-state index is 0.0266. The van der Waals surface area contributed by atoms with Crippen LogP contribution in [-0.4, -0.2) is 21.9 Å². The van der Waals surface area contributed by atoms with Gasteiger partial charge in [0.15, 0.2) is 0 Å². The summed E-state index contributed by atoms with van der Waals surface area (Å²) < 4.78 is 37.4. The number of aromatic nitrogens is 1. The highest BCUT2D eigenvalue weighted by Gasteiger charge is 2.45. The third-order valence-corrected chi connectivity index (χ3v) is 4.15. The molecule has 1 N–H and O–H groups in total. The fourth-order valence-electron chi connectivity index (χ4n) is 2.31. The number of thiazole rings is 1. The minimum Gasteiger partial charge on any atom is -0.390 e. The molecule has 1 aliphatic rings. The van der Waals surface area contributed by atoms with Crippen molar-refractivity contribution >= 4 is 11.3 Å². The van der Waals surface area contributed by atoms with E-state index in [2.05, 4.69) is 4.98 Å². The molecule has 1 aromatic rings. The molecule has 0 unspecified atom stereocenters. The molecule has 2 nitrogen and oxygen atoms in total. The van der Waals surface area contributed by atoms with Gasteiger partial charge >= 0.3 is 6.18 Å². The number of rotatable bonds is 2. The largest absolute Gasteiger partial charge is 0.391 e. The van der Waals surface area contributed by atoms with E-state index in [0.717, 1.165) is 4.88 Å². The molecule has 0 aliphatic heterocycles. The van der Waals surface area contributed by atoms with E-state index in [4.69, 9.17) is 0 Å². The first-order valence-electron chi connectivity index (χ1n) is 5.55. The predicted octanol–water partition coefficient (Wildman–Crippen LogP) is 3.17. The van der Waals surface area contributed by atoms with Crippen LogP contribution in [0.2, 0.25) is 0 Å². The van der Waals surface area contributed by atoms with Crippen LogP contribution < -0.4 is 0 Å². The summed E-state index contributed by atoms with van der Waals surface area (Å²) in [5.41, 5.74) is 0.689. The fourth-order valence-corrected chi connectivity index (χ4v) is 3.04. The maximum atomic E-state index is 12.5. The molecule has 1 fully saturated rings. The van der Waals surface area contributed by atoms with Crippen LogP contribution in [0.25, 0.3) is 0 Å². The second-order valence-corrected chi connectivity index (χ2v) is 5.66.